The van der Waals surface area contributed by atoms with Gasteiger partial charge in [0.25, 0.3) is 0 Å². The number of aromatic hydroxyl groups is 1. The Morgan fingerprint density at radius 2 is 1.73 bits per heavy atom. The number of aryl methyl sites for hydroxylation is 1. The average molecular weight is 354 g/mol. The molecule has 1 fully saturated rings. The SMILES string of the molecule is Cc1ccc(C2(CCNCc3ccc(O)cc3)CCOC(C)(C)C2)cc1. The summed E-state index contributed by atoms with van der Waals surface area (Å²) in [5.74, 6) is 0.316. The summed E-state index contributed by atoms with van der Waals surface area (Å²) in [6.07, 6.45) is 3.21. The van der Waals surface area contributed by atoms with E-state index in [1.165, 1.54) is 16.7 Å². The quantitative estimate of drug-likeness (QED) is 0.739. The maximum absolute atomic E-state index is 9.39. The van der Waals surface area contributed by atoms with Crippen molar-refractivity contribution in [3.05, 3.63) is 65.2 Å². The van der Waals surface area contributed by atoms with Crippen molar-refractivity contribution in [2.24, 2.45) is 0 Å². The molecule has 0 aromatic heterocycles. The molecule has 1 aliphatic rings. The predicted molar refractivity (Wildman–Crippen MR) is 107 cm³/mol. The second-order valence-electron chi connectivity index (χ2n) is 8.27. The second-order valence-corrected chi connectivity index (χ2v) is 8.27. The van der Waals surface area contributed by atoms with Gasteiger partial charge >= 0.3 is 0 Å². The monoisotopic (exact) mass is 353 g/mol. The molecule has 1 heterocycles. The van der Waals surface area contributed by atoms with E-state index < -0.39 is 0 Å². The lowest BCUT2D eigenvalue weighted by Gasteiger charge is -2.45. The van der Waals surface area contributed by atoms with Crippen molar-refractivity contribution in [1.29, 1.82) is 0 Å². The van der Waals surface area contributed by atoms with E-state index in [1.807, 2.05) is 12.1 Å². The fourth-order valence-corrected chi connectivity index (χ4v) is 4.16. The van der Waals surface area contributed by atoms with E-state index in [0.29, 0.717) is 5.75 Å². The van der Waals surface area contributed by atoms with Gasteiger partial charge in [0.2, 0.25) is 0 Å². The van der Waals surface area contributed by atoms with E-state index in [2.05, 4.69) is 50.4 Å². The minimum atomic E-state index is -0.0832. The van der Waals surface area contributed by atoms with Crippen LogP contribution >= 0.6 is 0 Å². The Balaban J connectivity index is 1.68. The van der Waals surface area contributed by atoms with Crippen LogP contribution in [-0.2, 0) is 16.7 Å². The Labute approximate surface area is 157 Å². The van der Waals surface area contributed by atoms with E-state index in [1.54, 1.807) is 12.1 Å². The van der Waals surface area contributed by atoms with Gasteiger partial charge in [0, 0.05) is 18.6 Å². The lowest BCUT2D eigenvalue weighted by molar-refractivity contribution is -0.0840. The Morgan fingerprint density at radius 3 is 2.38 bits per heavy atom. The van der Waals surface area contributed by atoms with Crippen LogP contribution in [0.2, 0.25) is 0 Å². The van der Waals surface area contributed by atoms with Gasteiger partial charge in [0.1, 0.15) is 5.75 Å². The van der Waals surface area contributed by atoms with Crippen LogP contribution in [0.3, 0.4) is 0 Å². The zero-order valence-electron chi connectivity index (χ0n) is 16.2. The summed E-state index contributed by atoms with van der Waals surface area (Å²) in [7, 11) is 0. The summed E-state index contributed by atoms with van der Waals surface area (Å²) in [5, 5.41) is 13.0. The molecule has 26 heavy (non-hydrogen) atoms. The van der Waals surface area contributed by atoms with Crippen molar-refractivity contribution in [3.63, 3.8) is 0 Å². The Hall–Kier alpha value is -1.84. The molecule has 140 valence electrons. The molecule has 0 bridgehead atoms. The predicted octanol–water partition coefficient (Wildman–Crippen LogP) is 4.71. The van der Waals surface area contributed by atoms with Gasteiger partial charge in [0.15, 0.2) is 0 Å². The van der Waals surface area contributed by atoms with E-state index >= 15 is 0 Å². The molecule has 0 spiro atoms. The van der Waals surface area contributed by atoms with Gasteiger partial charge in [-0.15, -0.1) is 0 Å². The third-order valence-corrected chi connectivity index (χ3v) is 5.55. The Kier molecular flexibility index (Phi) is 5.69. The minimum Gasteiger partial charge on any atom is -0.508 e. The molecule has 2 N–H and O–H groups in total. The van der Waals surface area contributed by atoms with E-state index in [-0.39, 0.29) is 11.0 Å². The van der Waals surface area contributed by atoms with E-state index in [0.717, 1.165) is 39.0 Å². The molecule has 1 aliphatic heterocycles. The van der Waals surface area contributed by atoms with Gasteiger partial charge < -0.3 is 15.2 Å². The molecule has 2 aromatic carbocycles. The molecule has 1 atom stereocenters. The number of phenols is 1. The highest BCUT2D eigenvalue weighted by molar-refractivity contribution is 5.30. The molecule has 3 rings (SSSR count). The zero-order valence-corrected chi connectivity index (χ0v) is 16.2. The van der Waals surface area contributed by atoms with Gasteiger partial charge in [-0.2, -0.15) is 0 Å². The first-order valence-corrected chi connectivity index (χ1v) is 9.58. The first-order chi connectivity index (χ1) is 12.4. The largest absolute Gasteiger partial charge is 0.508 e. The number of hydrogen-bond donors (Lipinski definition) is 2. The van der Waals surface area contributed by atoms with Crippen LogP contribution in [0.5, 0.6) is 5.75 Å². The molecular formula is C23H31NO2. The number of nitrogens with one attached hydrogen (secondary N) is 1. The van der Waals surface area contributed by atoms with E-state index in [4.69, 9.17) is 4.74 Å². The number of hydrogen-bond acceptors (Lipinski definition) is 3. The highest BCUT2D eigenvalue weighted by Gasteiger charge is 2.41. The van der Waals surface area contributed by atoms with Crippen LogP contribution in [-0.4, -0.2) is 23.9 Å². The zero-order chi connectivity index (χ0) is 18.6. The van der Waals surface area contributed by atoms with Gasteiger partial charge in [-0.05, 0) is 69.8 Å². The van der Waals surface area contributed by atoms with Gasteiger partial charge in [0.05, 0.1) is 5.60 Å². The van der Waals surface area contributed by atoms with Crippen molar-refractivity contribution in [2.75, 3.05) is 13.2 Å². The molecule has 0 radical (unpaired) electrons. The van der Waals surface area contributed by atoms with Gasteiger partial charge in [-0.1, -0.05) is 42.0 Å². The molecular weight excluding hydrogens is 322 g/mol. The molecule has 0 saturated carbocycles. The Morgan fingerprint density at radius 1 is 1.04 bits per heavy atom. The van der Waals surface area contributed by atoms with Crippen molar-refractivity contribution in [1.82, 2.24) is 5.32 Å². The van der Waals surface area contributed by atoms with Gasteiger partial charge in [-0.3, -0.25) is 0 Å². The van der Waals surface area contributed by atoms with Crippen LogP contribution in [0.1, 0.15) is 49.8 Å². The fourth-order valence-electron chi connectivity index (χ4n) is 4.16. The van der Waals surface area contributed by atoms with Crippen LogP contribution in [0.4, 0.5) is 0 Å². The topological polar surface area (TPSA) is 41.5 Å². The lowest BCUT2D eigenvalue weighted by Crippen LogP contribution is -2.45. The number of rotatable bonds is 6. The normalized spacial score (nSPS) is 22.3. The molecule has 1 saturated heterocycles. The van der Waals surface area contributed by atoms with E-state index in [9.17, 15) is 5.11 Å². The average Bonchev–Trinajstić information content (AvgIpc) is 2.60. The third kappa shape index (κ3) is 4.66. The van der Waals surface area contributed by atoms with Crippen LogP contribution in [0, 0.1) is 6.92 Å². The summed E-state index contributed by atoms with van der Waals surface area (Å²) in [6.45, 7) is 9.16. The number of benzene rings is 2. The van der Waals surface area contributed by atoms with Gasteiger partial charge in [-0.25, -0.2) is 0 Å². The standard InChI is InChI=1S/C23H31NO2/c1-18-4-8-20(9-5-18)23(13-15-26-22(2,3)17-23)12-14-24-16-19-6-10-21(25)11-7-19/h4-11,24-25H,12-17H2,1-3H3. The first-order valence-electron chi connectivity index (χ1n) is 9.58. The summed E-state index contributed by atoms with van der Waals surface area (Å²) in [6, 6.07) is 16.5. The maximum atomic E-state index is 9.39. The second kappa shape index (κ2) is 7.81. The number of ether oxygens (including phenoxy) is 1. The van der Waals surface area contributed by atoms with Crippen LogP contribution < -0.4 is 5.32 Å². The summed E-state index contributed by atoms with van der Waals surface area (Å²) >= 11 is 0. The van der Waals surface area contributed by atoms with Crippen molar-refractivity contribution in [2.45, 2.75) is 57.6 Å². The molecule has 2 aromatic rings. The highest BCUT2D eigenvalue weighted by Crippen LogP contribution is 2.43. The first kappa shape index (κ1) is 18.9. The third-order valence-electron chi connectivity index (χ3n) is 5.55. The van der Waals surface area contributed by atoms with Crippen LogP contribution in [0.25, 0.3) is 0 Å². The van der Waals surface area contributed by atoms with Crippen molar-refractivity contribution in [3.8, 4) is 5.75 Å². The molecule has 1 unspecified atom stereocenters. The maximum Gasteiger partial charge on any atom is 0.115 e. The highest BCUT2D eigenvalue weighted by atomic mass is 16.5. The fraction of sp³-hybridized carbons (Fsp3) is 0.478. The Bertz CT molecular complexity index is 706. The van der Waals surface area contributed by atoms with Crippen molar-refractivity contribution < 1.29 is 9.84 Å². The smallest absolute Gasteiger partial charge is 0.115 e. The number of phenolic OH excluding ortho intramolecular Hbond substituents is 1. The summed E-state index contributed by atoms with van der Waals surface area (Å²) in [5.41, 5.74) is 4.02. The summed E-state index contributed by atoms with van der Waals surface area (Å²) < 4.78 is 6.01. The summed E-state index contributed by atoms with van der Waals surface area (Å²) in [4.78, 5) is 0. The molecule has 0 aliphatic carbocycles. The minimum absolute atomic E-state index is 0.0832. The molecule has 3 nitrogen and oxygen atoms in total. The van der Waals surface area contributed by atoms with Crippen molar-refractivity contribution >= 4 is 0 Å². The molecule has 0 amide bonds. The molecule has 3 heteroatoms. The van der Waals surface area contributed by atoms with Crippen LogP contribution in [0.15, 0.2) is 48.5 Å². The lowest BCUT2D eigenvalue weighted by atomic mass is 9.67.